The molecule has 0 spiro atoms. The van der Waals surface area contributed by atoms with E-state index in [0.717, 1.165) is 4.90 Å². The van der Waals surface area contributed by atoms with Gasteiger partial charge >= 0.3 is 12.1 Å². The number of carbonyl (C=O) groups excluding carboxylic acids is 1. The molecule has 0 aromatic carbocycles. The summed E-state index contributed by atoms with van der Waals surface area (Å²) in [5.41, 5.74) is -2.28. The molecular weight excluding hydrogens is 216 g/mol. The van der Waals surface area contributed by atoms with Gasteiger partial charge in [-0.25, -0.2) is 9.59 Å². The Morgan fingerprint density at radius 3 is 2.50 bits per heavy atom. The fourth-order valence-corrected chi connectivity index (χ4v) is 1.84. The molecule has 7 heteroatoms. The summed E-state index contributed by atoms with van der Waals surface area (Å²) in [4.78, 5) is 34.2. The van der Waals surface area contributed by atoms with Crippen LogP contribution in [0.3, 0.4) is 0 Å². The maximum Gasteiger partial charge on any atom is 0.407 e. The number of likely N-dealkylation sites (tertiary alicyclic amines) is 1. The number of aliphatic carboxylic acids is 1. The van der Waals surface area contributed by atoms with Crippen LogP contribution in [0.25, 0.3) is 0 Å². The Balaban J connectivity index is 3.24. The number of rotatable bonds is 1. The van der Waals surface area contributed by atoms with E-state index >= 15 is 0 Å². The number of carbonyl (C=O) groups is 3. The van der Waals surface area contributed by atoms with Crippen molar-refractivity contribution >= 4 is 17.8 Å². The molecule has 0 aromatic heterocycles. The second kappa shape index (κ2) is 3.81. The molecule has 1 fully saturated rings. The van der Waals surface area contributed by atoms with Gasteiger partial charge in [-0.05, 0) is 6.92 Å². The number of nitrogens with zero attached hydrogens (tertiary/aromatic N) is 2. The van der Waals surface area contributed by atoms with Crippen LogP contribution in [-0.4, -0.2) is 45.5 Å². The van der Waals surface area contributed by atoms with Crippen LogP contribution in [0.5, 0.6) is 0 Å². The van der Waals surface area contributed by atoms with Crippen LogP contribution in [0.15, 0.2) is 0 Å². The van der Waals surface area contributed by atoms with Gasteiger partial charge in [0.25, 0.3) is 0 Å². The number of piperidine rings is 1. The third kappa shape index (κ3) is 1.39. The fourth-order valence-electron chi connectivity index (χ4n) is 1.84. The summed E-state index contributed by atoms with van der Waals surface area (Å²) >= 11 is 0. The Kier molecular flexibility index (Phi) is 2.85. The monoisotopic (exact) mass is 226 g/mol. The average Bonchev–Trinajstić information content (AvgIpc) is 2.17. The molecule has 1 amide bonds. The number of carboxylic acid groups (broad SMARTS) is 2. The zero-order chi connectivity index (χ0) is 12.5. The van der Waals surface area contributed by atoms with Gasteiger partial charge in [0.1, 0.15) is 0 Å². The maximum atomic E-state index is 11.5. The van der Waals surface area contributed by atoms with E-state index in [2.05, 4.69) is 0 Å². The molecule has 86 valence electrons. The first kappa shape index (κ1) is 12.0. The Labute approximate surface area is 90.9 Å². The predicted molar refractivity (Wildman–Crippen MR) is 49.5 cm³/mol. The molecule has 1 aliphatic heterocycles. The number of hydrogen-bond donors (Lipinski definition) is 2. The zero-order valence-electron chi connectivity index (χ0n) is 8.51. The molecule has 2 unspecified atom stereocenters. The quantitative estimate of drug-likeness (QED) is 0.603. The van der Waals surface area contributed by atoms with Crippen molar-refractivity contribution in [2.24, 2.45) is 5.41 Å². The lowest BCUT2D eigenvalue weighted by atomic mass is 9.74. The first-order chi connectivity index (χ1) is 7.37. The normalized spacial score (nSPS) is 29.6. The van der Waals surface area contributed by atoms with Crippen molar-refractivity contribution in [3.05, 3.63) is 0 Å². The molecule has 0 saturated carbocycles. The summed E-state index contributed by atoms with van der Waals surface area (Å²) in [5.74, 6) is -2.34. The molecule has 7 nitrogen and oxygen atoms in total. The first-order valence-electron chi connectivity index (χ1n) is 4.55. The smallest absolute Gasteiger partial charge is 0.407 e. The first-order valence-corrected chi connectivity index (χ1v) is 4.55. The summed E-state index contributed by atoms with van der Waals surface area (Å²) in [5, 5.41) is 26.7. The van der Waals surface area contributed by atoms with Crippen molar-refractivity contribution in [2.45, 2.75) is 19.4 Å². The highest BCUT2D eigenvalue weighted by Crippen LogP contribution is 2.33. The summed E-state index contributed by atoms with van der Waals surface area (Å²) < 4.78 is 0. The van der Waals surface area contributed by atoms with Crippen LogP contribution < -0.4 is 0 Å². The SMILES string of the molecule is CC1N(C(=O)O)CCC(=O)C1(C#N)C(=O)O. The highest BCUT2D eigenvalue weighted by Gasteiger charge is 2.56. The highest BCUT2D eigenvalue weighted by atomic mass is 16.4. The maximum absolute atomic E-state index is 11.5. The standard InChI is InChI=1S/C9H10N2O5/c1-5-9(4-10,7(13)14)6(12)2-3-11(5)8(15)16/h5H,2-3H2,1H3,(H,13,14)(H,15,16). The second-order valence-electron chi connectivity index (χ2n) is 3.55. The van der Waals surface area contributed by atoms with Crippen molar-refractivity contribution in [1.29, 1.82) is 5.26 Å². The minimum Gasteiger partial charge on any atom is -0.480 e. The van der Waals surface area contributed by atoms with Gasteiger partial charge in [0, 0.05) is 13.0 Å². The van der Waals surface area contributed by atoms with Crippen molar-refractivity contribution in [3.8, 4) is 6.07 Å². The Bertz CT molecular complexity index is 399. The van der Waals surface area contributed by atoms with Gasteiger partial charge in [0.2, 0.25) is 5.41 Å². The Morgan fingerprint density at radius 1 is 1.56 bits per heavy atom. The van der Waals surface area contributed by atoms with Crippen LogP contribution >= 0.6 is 0 Å². The lowest BCUT2D eigenvalue weighted by molar-refractivity contribution is -0.156. The lowest BCUT2D eigenvalue weighted by Crippen LogP contribution is -2.60. The topological polar surface area (TPSA) is 119 Å². The van der Waals surface area contributed by atoms with E-state index in [-0.39, 0.29) is 13.0 Å². The van der Waals surface area contributed by atoms with Crippen LogP contribution in [0.2, 0.25) is 0 Å². The molecule has 1 saturated heterocycles. The number of ketones is 1. The molecule has 16 heavy (non-hydrogen) atoms. The largest absolute Gasteiger partial charge is 0.480 e. The molecular formula is C9H10N2O5. The van der Waals surface area contributed by atoms with Crippen LogP contribution in [0.1, 0.15) is 13.3 Å². The fraction of sp³-hybridized carbons (Fsp3) is 0.556. The Hall–Kier alpha value is -2.10. The van der Waals surface area contributed by atoms with Gasteiger partial charge < -0.3 is 15.1 Å². The van der Waals surface area contributed by atoms with Gasteiger partial charge in [-0.2, -0.15) is 5.26 Å². The van der Waals surface area contributed by atoms with E-state index < -0.39 is 29.3 Å². The van der Waals surface area contributed by atoms with Gasteiger partial charge in [0.05, 0.1) is 12.1 Å². The van der Waals surface area contributed by atoms with E-state index in [1.54, 1.807) is 0 Å². The molecule has 0 radical (unpaired) electrons. The third-order valence-electron chi connectivity index (χ3n) is 2.87. The molecule has 0 aromatic rings. The summed E-state index contributed by atoms with van der Waals surface area (Å²) in [6.07, 6.45) is -1.59. The molecule has 0 bridgehead atoms. The molecule has 1 rings (SSSR count). The van der Waals surface area contributed by atoms with Crippen LogP contribution in [-0.2, 0) is 9.59 Å². The molecule has 1 aliphatic rings. The minimum atomic E-state index is -2.28. The highest BCUT2D eigenvalue weighted by molar-refractivity contribution is 6.08. The number of amides is 1. The van der Waals surface area contributed by atoms with E-state index in [0.29, 0.717) is 0 Å². The van der Waals surface area contributed by atoms with E-state index in [9.17, 15) is 14.4 Å². The average molecular weight is 226 g/mol. The summed E-state index contributed by atoms with van der Waals surface area (Å²) in [6, 6.07) is 0.261. The summed E-state index contributed by atoms with van der Waals surface area (Å²) in [7, 11) is 0. The third-order valence-corrected chi connectivity index (χ3v) is 2.87. The lowest BCUT2D eigenvalue weighted by Gasteiger charge is -2.39. The van der Waals surface area contributed by atoms with E-state index in [1.165, 1.54) is 13.0 Å². The molecule has 0 aliphatic carbocycles. The summed E-state index contributed by atoms with van der Waals surface area (Å²) in [6.45, 7) is 1.18. The minimum absolute atomic E-state index is 0.0773. The van der Waals surface area contributed by atoms with Crippen molar-refractivity contribution in [3.63, 3.8) is 0 Å². The number of nitriles is 1. The predicted octanol–water partition coefficient (Wildman–Crippen LogP) is -0.0777. The van der Waals surface area contributed by atoms with Gasteiger partial charge in [-0.1, -0.05) is 0 Å². The second-order valence-corrected chi connectivity index (χ2v) is 3.55. The molecule has 2 atom stereocenters. The van der Waals surface area contributed by atoms with E-state index in [4.69, 9.17) is 15.5 Å². The van der Waals surface area contributed by atoms with Crippen LogP contribution in [0, 0.1) is 16.7 Å². The van der Waals surface area contributed by atoms with E-state index in [1.807, 2.05) is 0 Å². The number of carboxylic acids is 1. The van der Waals surface area contributed by atoms with Gasteiger partial charge in [-0.3, -0.25) is 4.79 Å². The number of hydrogen-bond acceptors (Lipinski definition) is 4. The number of Topliss-reactive ketones (excluding diaryl/α,β-unsaturated/α-hetero) is 1. The van der Waals surface area contributed by atoms with Crippen LogP contribution in [0.4, 0.5) is 4.79 Å². The Morgan fingerprint density at radius 2 is 2.12 bits per heavy atom. The zero-order valence-corrected chi connectivity index (χ0v) is 8.51. The van der Waals surface area contributed by atoms with Crippen molar-refractivity contribution < 1.29 is 24.6 Å². The van der Waals surface area contributed by atoms with Gasteiger partial charge in [0.15, 0.2) is 5.78 Å². The van der Waals surface area contributed by atoms with Crippen molar-refractivity contribution in [1.82, 2.24) is 4.90 Å². The molecule has 1 heterocycles. The van der Waals surface area contributed by atoms with Gasteiger partial charge in [-0.15, -0.1) is 0 Å². The molecule has 2 N–H and O–H groups in total. The van der Waals surface area contributed by atoms with Crippen molar-refractivity contribution in [2.75, 3.05) is 6.54 Å².